The van der Waals surface area contributed by atoms with E-state index >= 15 is 0 Å². The number of fused-ring (bicyclic) bond motifs is 2. The van der Waals surface area contributed by atoms with E-state index in [1.807, 2.05) is 6.07 Å². The van der Waals surface area contributed by atoms with Gasteiger partial charge in [-0.2, -0.15) is 0 Å². The van der Waals surface area contributed by atoms with Crippen molar-refractivity contribution in [2.45, 2.75) is 73.4 Å². The van der Waals surface area contributed by atoms with Crippen LogP contribution >= 0.6 is 0 Å². The number of rotatable bonds is 4. The lowest BCUT2D eigenvalue weighted by molar-refractivity contribution is -0.344. The van der Waals surface area contributed by atoms with E-state index in [9.17, 15) is 9.90 Å². The molecule has 5 fully saturated rings. The fourth-order valence-corrected chi connectivity index (χ4v) is 7.78. The predicted octanol–water partition coefficient (Wildman–Crippen LogP) is 0.882. The second-order valence-corrected chi connectivity index (χ2v) is 10.3. The lowest BCUT2D eigenvalue weighted by Gasteiger charge is -2.71. The third-order valence-electron chi connectivity index (χ3n) is 9.08. The van der Waals surface area contributed by atoms with E-state index in [-0.39, 0.29) is 6.04 Å². The zero-order valence-electron chi connectivity index (χ0n) is 17.2. The lowest BCUT2D eigenvalue weighted by Crippen LogP contribution is -2.87. The number of likely N-dealkylation sites (tertiary alicyclic amines) is 1. The zero-order valence-corrected chi connectivity index (χ0v) is 17.2. The Morgan fingerprint density at radius 1 is 1.33 bits per heavy atom. The van der Waals surface area contributed by atoms with Crippen molar-refractivity contribution >= 4 is 5.91 Å². The topological polar surface area (TPSA) is 94.2 Å². The Kier molecular flexibility index (Phi) is 3.16. The van der Waals surface area contributed by atoms with E-state index < -0.39 is 34.7 Å². The molecule has 4 bridgehead atoms. The fourth-order valence-electron chi connectivity index (χ4n) is 7.78. The van der Waals surface area contributed by atoms with Crippen LogP contribution in [0, 0.1) is 5.92 Å². The number of methoxy groups -OCH3 is 1. The van der Waals surface area contributed by atoms with E-state index in [1.54, 1.807) is 7.11 Å². The largest absolute Gasteiger partial charge is 0.493 e. The molecule has 8 rings (SSSR count). The molecule has 160 valence electrons. The molecular formula is C23H28N2O5. The molecule has 6 atom stereocenters. The van der Waals surface area contributed by atoms with E-state index in [2.05, 4.69) is 11.0 Å². The SMILES string of the molecule is COc1ccc2c3c1O[C@H]1[C@@]4(O)CC[C@@]5(O[C@@H]4C(N)=O)[C@@H](C2)N(CC2CC2)CC[C@]315. The summed E-state index contributed by atoms with van der Waals surface area (Å²) in [7, 11) is 1.65. The van der Waals surface area contributed by atoms with Gasteiger partial charge in [-0.1, -0.05) is 6.07 Å². The van der Waals surface area contributed by atoms with Crippen molar-refractivity contribution in [3.8, 4) is 11.5 Å². The highest BCUT2D eigenvalue weighted by atomic mass is 16.6. The van der Waals surface area contributed by atoms with Crippen molar-refractivity contribution in [3.63, 3.8) is 0 Å². The molecule has 3 saturated heterocycles. The van der Waals surface area contributed by atoms with Gasteiger partial charge in [0.25, 0.3) is 0 Å². The summed E-state index contributed by atoms with van der Waals surface area (Å²) in [5, 5.41) is 11.8. The van der Waals surface area contributed by atoms with Crippen molar-refractivity contribution < 1.29 is 24.1 Å². The van der Waals surface area contributed by atoms with Gasteiger partial charge < -0.3 is 25.1 Å². The molecule has 1 aromatic carbocycles. The molecule has 1 amide bonds. The highest BCUT2D eigenvalue weighted by Crippen LogP contribution is 2.71. The highest BCUT2D eigenvalue weighted by molar-refractivity contribution is 5.82. The number of amides is 1. The Balaban J connectivity index is 1.49. The first-order valence-corrected chi connectivity index (χ1v) is 11.3. The van der Waals surface area contributed by atoms with Gasteiger partial charge in [0.1, 0.15) is 11.7 Å². The summed E-state index contributed by atoms with van der Waals surface area (Å²) in [6, 6.07) is 4.29. The van der Waals surface area contributed by atoms with Crippen molar-refractivity contribution in [1.82, 2.24) is 4.90 Å². The van der Waals surface area contributed by atoms with Gasteiger partial charge in [0, 0.05) is 18.2 Å². The van der Waals surface area contributed by atoms with Crippen LogP contribution in [0.3, 0.4) is 0 Å². The third-order valence-corrected chi connectivity index (χ3v) is 9.08. The highest BCUT2D eigenvalue weighted by Gasteiger charge is 2.82. The van der Waals surface area contributed by atoms with Gasteiger partial charge in [0.15, 0.2) is 17.6 Å². The first-order chi connectivity index (χ1) is 14.4. The summed E-state index contributed by atoms with van der Waals surface area (Å²) in [4.78, 5) is 15.0. The first kappa shape index (κ1) is 17.8. The maximum atomic E-state index is 12.4. The summed E-state index contributed by atoms with van der Waals surface area (Å²) in [5.41, 5.74) is 5.72. The maximum absolute atomic E-state index is 12.4. The second-order valence-electron chi connectivity index (χ2n) is 10.3. The number of nitrogens with zero attached hydrogens (tertiary/aromatic N) is 1. The monoisotopic (exact) mass is 412 g/mol. The molecule has 7 heteroatoms. The van der Waals surface area contributed by atoms with E-state index in [4.69, 9.17) is 19.9 Å². The number of ether oxygens (including phenoxy) is 3. The number of piperidine rings is 1. The third kappa shape index (κ3) is 1.76. The standard InChI is InChI=1S/C23H28N2O5/c1-28-14-5-4-13-10-15-23-7-6-22(27,18(30-23)19(24)26)20-21(23,16(13)17(14)29-20)8-9-25(15)11-12-2-3-12/h4-5,12,15,18,20,27H,2-3,6-11H2,1H3,(H2,24,26)/t15-,18-,20-,21+,22-,23-/m1/s1. The number of benzene rings is 1. The van der Waals surface area contributed by atoms with Gasteiger partial charge >= 0.3 is 0 Å². The molecule has 2 spiro atoms. The average molecular weight is 412 g/mol. The number of hydrogen-bond acceptors (Lipinski definition) is 6. The summed E-state index contributed by atoms with van der Waals surface area (Å²) in [6.07, 6.45) is 3.91. The number of carbonyl (C=O) groups is 1. The molecule has 0 aromatic heterocycles. The molecule has 4 heterocycles. The van der Waals surface area contributed by atoms with Crippen LogP contribution in [0.15, 0.2) is 12.1 Å². The smallest absolute Gasteiger partial charge is 0.249 e. The number of nitrogens with two attached hydrogens (primary N) is 1. The van der Waals surface area contributed by atoms with Gasteiger partial charge in [-0.15, -0.1) is 0 Å². The number of hydrogen-bond donors (Lipinski definition) is 2. The van der Waals surface area contributed by atoms with Crippen molar-refractivity contribution in [2.75, 3.05) is 20.2 Å². The van der Waals surface area contributed by atoms with Gasteiger partial charge in [-0.05, 0) is 62.6 Å². The Morgan fingerprint density at radius 3 is 2.90 bits per heavy atom. The lowest BCUT2D eigenvalue weighted by atomic mass is 9.44. The first-order valence-electron chi connectivity index (χ1n) is 11.3. The van der Waals surface area contributed by atoms with Gasteiger partial charge in [-0.25, -0.2) is 0 Å². The van der Waals surface area contributed by atoms with Crippen molar-refractivity contribution in [1.29, 1.82) is 0 Å². The second kappa shape index (κ2) is 5.31. The minimum atomic E-state index is -1.42. The van der Waals surface area contributed by atoms with Crippen LogP contribution in [0.1, 0.15) is 43.2 Å². The van der Waals surface area contributed by atoms with Gasteiger partial charge in [0.2, 0.25) is 5.91 Å². The molecule has 30 heavy (non-hydrogen) atoms. The molecule has 3 aliphatic carbocycles. The molecule has 4 aliphatic heterocycles. The van der Waals surface area contributed by atoms with E-state index in [1.165, 1.54) is 18.4 Å². The summed E-state index contributed by atoms with van der Waals surface area (Å²) < 4.78 is 18.9. The van der Waals surface area contributed by atoms with Crippen molar-refractivity contribution in [2.24, 2.45) is 11.7 Å². The minimum absolute atomic E-state index is 0.163. The molecule has 0 unspecified atom stereocenters. The van der Waals surface area contributed by atoms with E-state index in [0.29, 0.717) is 12.2 Å². The zero-order chi connectivity index (χ0) is 20.5. The number of aliphatic hydroxyl groups is 1. The number of primary amides is 1. The molecular weight excluding hydrogens is 384 g/mol. The maximum Gasteiger partial charge on any atom is 0.249 e. The predicted molar refractivity (Wildman–Crippen MR) is 106 cm³/mol. The normalized spacial score (nSPS) is 45.1. The van der Waals surface area contributed by atoms with E-state index in [0.717, 1.165) is 49.6 Å². The van der Waals surface area contributed by atoms with Crippen LogP contribution < -0.4 is 15.2 Å². The Bertz CT molecular complexity index is 979. The molecule has 1 aromatic rings. The average Bonchev–Trinajstić information content (AvgIpc) is 3.47. The van der Waals surface area contributed by atoms with Gasteiger partial charge in [-0.3, -0.25) is 9.69 Å². The number of carbonyl (C=O) groups excluding carboxylic acids is 1. The molecule has 7 nitrogen and oxygen atoms in total. The Labute approximate surface area is 175 Å². The van der Waals surface area contributed by atoms with Crippen LogP contribution in [0.5, 0.6) is 11.5 Å². The molecule has 2 saturated carbocycles. The van der Waals surface area contributed by atoms with Crippen LogP contribution in [0.2, 0.25) is 0 Å². The fraction of sp³-hybridized carbons (Fsp3) is 0.696. The Morgan fingerprint density at radius 2 is 2.17 bits per heavy atom. The summed E-state index contributed by atoms with van der Waals surface area (Å²) in [6.45, 7) is 2.04. The van der Waals surface area contributed by atoms with Crippen LogP contribution in [-0.4, -0.2) is 65.6 Å². The van der Waals surface area contributed by atoms with Crippen molar-refractivity contribution in [3.05, 3.63) is 23.3 Å². The molecule has 3 N–H and O–H groups in total. The van der Waals surface area contributed by atoms with Crippen LogP contribution in [-0.2, 0) is 21.4 Å². The summed E-state index contributed by atoms with van der Waals surface area (Å²) in [5.74, 6) is 1.59. The minimum Gasteiger partial charge on any atom is -0.493 e. The summed E-state index contributed by atoms with van der Waals surface area (Å²) >= 11 is 0. The van der Waals surface area contributed by atoms with Crippen LogP contribution in [0.4, 0.5) is 0 Å². The Hall–Kier alpha value is -1.83. The van der Waals surface area contributed by atoms with Gasteiger partial charge in [0.05, 0.1) is 18.1 Å². The quantitative estimate of drug-likeness (QED) is 0.763. The van der Waals surface area contributed by atoms with Crippen LogP contribution in [0.25, 0.3) is 0 Å². The molecule has 0 radical (unpaired) electrons. The molecule has 7 aliphatic rings.